The molecule has 0 bridgehead atoms. The maximum absolute atomic E-state index is 11.9. The highest BCUT2D eigenvalue weighted by Crippen LogP contribution is 2.28. The van der Waals surface area contributed by atoms with Crippen LogP contribution in [0.25, 0.3) is 0 Å². The van der Waals surface area contributed by atoms with Crippen molar-refractivity contribution in [2.24, 2.45) is 5.73 Å². The molecule has 1 radical (unpaired) electrons. The van der Waals surface area contributed by atoms with Gasteiger partial charge < -0.3 is 10.5 Å². The van der Waals surface area contributed by atoms with E-state index < -0.39 is 5.60 Å². The molecule has 0 fully saturated rings. The predicted molar refractivity (Wildman–Crippen MR) is 76.9 cm³/mol. The number of carbonyl (C=O) groups is 1. The van der Waals surface area contributed by atoms with Gasteiger partial charge in [0.1, 0.15) is 5.75 Å². The molecule has 2 N–H and O–H groups in total. The molecule has 0 unspecified atom stereocenters. The monoisotopic (exact) mass is 262 g/mol. The first-order chi connectivity index (χ1) is 9.14. The van der Waals surface area contributed by atoms with E-state index in [0.29, 0.717) is 18.6 Å². The van der Waals surface area contributed by atoms with Crippen LogP contribution in [0, 0.1) is 6.07 Å². The van der Waals surface area contributed by atoms with Crippen LogP contribution >= 0.6 is 0 Å². The molecule has 0 saturated carbocycles. The number of rotatable bonds is 9. The summed E-state index contributed by atoms with van der Waals surface area (Å²) in [5.41, 5.74) is 4.75. The van der Waals surface area contributed by atoms with Gasteiger partial charge in [0.25, 0.3) is 5.91 Å². The van der Waals surface area contributed by atoms with E-state index in [1.54, 1.807) is 12.1 Å². The first-order valence-electron chi connectivity index (χ1n) is 7.09. The summed E-state index contributed by atoms with van der Waals surface area (Å²) in [6, 6.07) is 10.2. The van der Waals surface area contributed by atoms with E-state index in [2.05, 4.69) is 19.9 Å². The van der Waals surface area contributed by atoms with Gasteiger partial charge in [-0.1, -0.05) is 38.8 Å². The summed E-state index contributed by atoms with van der Waals surface area (Å²) in [5.74, 6) is 0.298. The third-order valence-electron chi connectivity index (χ3n) is 3.31. The molecule has 3 heteroatoms. The van der Waals surface area contributed by atoms with Crippen LogP contribution in [0.2, 0.25) is 0 Å². The minimum atomic E-state index is -0.874. The number of hydrogen-bond acceptors (Lipinski definition) is 2. The van der Waals surface area contributed by atoms with Gasteiger partial charge in [-0.15, -0.1) is 0 Å². The van der Waals surface area contributed by atoms with Gasteiger partial charge in [0.05, 0.1) is 0 Å². The van der Waals surface area contributed by atoms with Gasteiger partial charge in [-0.05, 0) is 43.9 Å². The van der Waals surface area contributed by atoms with Crippen LogP contribution in [0.15, 0.2) is 24.3 Å². The molecular weight excluding hydrogens is 238 g/mol. The average Bonchev–Trinajstić information content (AvgIpc) is 2.43. The third-order valence-corrected chi connectivity index (χ3v) is 3.31. The zero-order chi connectivity index (χ0) is 14.1. The molecule has 1 aromatic carbocycles. The SMILES string of the molecule is CCCCC(CCCC)(Oc1c[c]ccc1)C(N)=O. The molecule has 0 saturated heterocycles. The highest BCUT2D eigenvalue weighted by molar-refractivity contribution is 5.83. The summed E-state index contributed by atoms with van der Waals surface area (Å²) in [6.07, 6.45) is 5.25. The zero-order valence-corrected chi connectivity index (χ0v) is 11.9. The number of nitrogens with two attached hydrogens (primary N) is 1. The Bertz CT molecular complexity index is 368. The highest BCUT2D eigenvalue weighted by Gasteiger charge is 2.37. The van der Waals surface area contributed by atoms with Gasteiger partial charge in [0.15, 0.2) is 5.60 Å². The Morgan fingerprint density at radius 1 is 1.32 bits per heavy atom. The topological polar surface area (TPSA) is 52.3 Å². The van der Waals surface area contributed by atoms with Gasteiger partial charge in [0, 0.05) is 0 Å². The second-order valence-electron chi connectivity index (χ2n) is 4.91. The molecule has 19 heavy (non-hydrogen) atoms. The van der Waals surface area contributed by atoms with E-state index in [4.69, 9.17) is 10.5 Å². The molecule has 0 aromatic heterocycles. The maximum atomic E-state index is 11.9. The summed E-state index contributed by atoms with van der Waals surface area (Å²) in [7, 11) is 0. The normalized spacial score (nSPS) is 11.3. The lowest BCUT2D eigenvalue weighted by Crippen LogP contribution is -2.49. The third kappa shape index (κ3) is 4.58. The fourth-order valence-electron chi connectivity index (χ4n) is 2.11. The van der Waals surface area contributed by atoms with Crippen molar-refractivity contribution >= 4 is 5.91 Å². The van der Waals surface area contributed by atoms with Crippen LogP contribution in [0.4, 0.5) is 0 Å². The number of ether oxygens (including phenoxy) is 1. The molecule has 0 aliphatic carbocycles. The quantitative estimate of drug-likeness (QED) is 0.741. The van der Waals surface area contributed by atoms with Crippen LogP contribution in [0.3, 0.4) is 0 Å². The minimum Gasteiger partial charge on any atom is -0.477 e. The molecule has 3 nitrogen and oxygen atoms in total. The summed E-state index contributed by atoms with van der Waals surface area (Å²) in [4.78, 5) is 11.9. The van der Waals surface area contributed by atoms with E-state index in [1.165, 1.54) is 0 Å². The average molecular weight is 262 g/mol. The number of carbonyl (C=O) groups excluding carboxylic acids is 1. The van der Waals surface area contributed by atoms with Gasteiger partial charge in [-0.25, -0.2) is 0 Å². The van der Waals surface area contributed by atoms with Crippen molar-refractivity contribution in [1.29, 1.82) is 0 Å². The number of hydrogen-bond donors (Lipinski definition) is 1. The lowest BCUT2D eigenvalue weighted by molar-refractivity contribution is -0.135. The predicted octanol–water partition coefficient (Wildman–Crippen LogP) is 3.47. The fourth-order valence-corrected chi connectivity index (χ4v) is 2.11. The number of benzene rings is 1. The van der Waals surface area contributed by atoms with Crippen LogP contribution in [-0.2, 0) is 4.79 Å². The number of primary amides is 1. The standard InChI is InChI=1S/C16H24NO2/c1-3-5-12-16(15(17)18,13-6-4-2)19-14-10-8-7-9-11-14/h7-8,10-11H,3-6,12-13H2,1-2H3,(H2,17,18). The van der Waals surface area contributed by atoms with Gasteiger partial charge in [0.2, 0.25) is 0 Å². The Morgan fingerprint density at radius 2 is 1.95 bits per heavy atom. The first-order valence-corrected chi connectivity index (χ1v) is 7.09. The Labute approximate surface area is 116 Å². The van der Waals surface area contributed by atoms with Crippen LogP contribution in [0.5, 0.6) is 5.75 Å². The Morgan fingerprint density at radius 3 is 2.37 bits per heavy atom. The van der Waals surface area contributed by atoms with Gasteiger partial charge >= 0.3 is 0 Å². The van der Waals surface area contributed by atoms with E-state index in [1.807, 2.05) is 12.1 Å². The number of amides is 1. The van der Waals surface area contributed by atoms with Gasteiger partial charge in [-0.2, -0.15) is 0 Å². The minimum absolute atomic E-state index is 0.363. The van der Waals surface area contributed by atoms with Crippen molar-refractivity contribution in [2.75, 3.05) is 0 Å². The maximum Gasteiger partial charge on any atom is 0.261 e. The second-order valence-corrected chi connectivity index (χ2v) is 4.91. The molecule has 0 heterocycles. The van der Waals surface area contributed by atoms with Crippen LogP contribution in [0.1, 0.15) is 52.4 Å². The van der Waals surface area contributed by atoms with Crippen molar-refractivity contribution in [3.63, 3.8) is 0 Å². The lowest BCUT2D eigenvalue weighted by atomic mass is 9.89. The highest BCUT2D eigenvalue weighted by atomic mass is 16.5. The van der Waals surface area contributed by atoms with Crippen LogP contribution in [-0.4, -0.2) is 11.5 Å². The Kier molecular flexibility index (Phi) is 6.40. The van der Waals surface area contributed by atoms with E-state index >= 15 is 0 Å². The molecule has 0 atom stereocenters. The molecule has 0 spiro atoms. The zero-order valence-electron chi connectivity index (χ0n) is 11.9. The van der Waals surface area contributed by atoms with Crippen molar-refractivity contribution in [1.82, 2.24) is 0 Å². The molecule has 1 amide bonds. The summed E-state index contributed by atoms with van der Waals surface area (Å²) < 4.78 is 5.96. The van der Waals surface area contributed by atoms with Crippen LogP contribution < -0.4 is 10.5 Å². The first kappa shape index (κ1) is 15.5. The smallest absolute Gasteiger partial charge is 0.261 e. The van der Waals surface area contributed by atoms with E-state index in [-0.39, 0.29) is 5.91 Å². The second kappa shape index (κ2) is 7.82. The molecule has 1 rings (SSSR count). The van der Waals surface area contributed by atoms with E-state index in [0.717, 1.165) is 25.7 Å². The summed E-state index contributed by atoms with van der Waals surface area (Å²) >= 11 is 0. The fraction of sp³-hybridized carbons (Fsp3) is 0.562. The Balaban J connectivity index is 2.90. The lowest BCUT2D eigenvalue weighted by Gasteiger charge is -2.31. The molecule has 0 aliphatic heterocycles. The van der Waals surface area contributed by atoms with Crippen molar-refractivity contribution in [3.05, 3.63) is 30.3 Å². The van der Waals surface area contributed by atoms with Crippen molar-refractivity contribution < 1.29 is 9.53 Å². The molecular formula is C16H24NO2. The molecule has 1 aromatic rings. The molecule has 105 valence electrons. The largest absolute Gasteiger partial charge is 0.477 e. The van der Waals surface area contributed by atoms with Crippen molar-refractivity contribution in [2.45, 2.75) is 58.0 Å². The summed E-state index contributed by atoms with van der Waals surface area (Å²) in [5, 5.41) is 0. The van der Waals surface area contributed by atoms with E-state index in [9.17, 15) is 4.79 Å². The molecule has 0 aliphatic rings. The Hall–Kier alpha value is -1.51. The van der Waals surface area contributed by atoms with Gasteiger partial charge in [-0.3, -0.25) is 4.79 Å². The summed E-state index contributed by atoms with van der Waals surface area (Å²) in [6.45, 7) is 4.20. The van der Waals surface area contributed by atoms with Crippen molar-refractivity contribution in [3.8, 4) is 5.75 Å². The number of unbranched alkanes of at least 4 members (excludes halogenated alkanes) is 2.